The van der Waals surface area contributed by atoms with Gasteiger partial charge in [-0.2, -0.15) is 12.6 Å². The van der Waals surface area contributed by atoms with Crippen molar-refractivity contribution < 1.29 is 24.3 Å². The van der Waals surface area contributed by atoms with Crippen molar-refractivity contribution in [3.63, 3.8) is 0 Å². The van der Waals surface area contributed by atoms with Crippen LogP contribution in [-0.4, -0.2) is 76.7 Å². The summed E-state index contributed by atoms with van der Waals surface area (Å²) in [7, 11) is 0. The number of nitrogens with two attached hydrogens (primary N) is 2. The Labute approximate surface area is 182 Å². The second-order valence-electron chi connectivity index (χ2n) is 7.89. The first kappa shape index (κ1) is 26.2. The Balaban J connectivity index is 2.93. The molecule has 11 heteroatoms. The smallest absolute Gasteiger partial charge is 0.326 e. The molecule has 30 heavy (non-hydrogen) atoms. The molecule has 1 fully saturated rings. The van der Waals surface area contributed by atoms with Crippen molar-refractivity contribution in [2.24, 2.45) is 17.4 Å². The van der Waals surface area contributed by atoms with E-state index in [9.17, 15) is 24.3 Å². The zero-order valence-electron chi connectivity index (χ0n) is 17.7. The number of hydrogen-bond acceptors (Lipinski definition) is 7. The molecule has 0 saturated carbocycles. The van der Waals surface area contributed by atoms with E-state index in [2.05, 4.69) is 23.3 Å². The van der Waals surface area contributed by atoms with Crippen molar-refractivity contribution in [1.29, 1.82) is 0 Å². The number of nitrogens with one attached hydrogen (secondary N) is 2. The zero-order valence-corrected chi connectivity index (χ0v) is 18.6. The highest BCUT2D eigenvalue weighted by atomic mass is 32.1. The van der Waals surface area contributed by atoms with Crippen molar-refractivity contribution >= 4 is 36.3 Å². The molecule has 4 atom stereocenters. The number of thiol groups is 1. The number of unbranched alkanes of at least 4 members (excludes halogenated alkanes) is 1. The molecule has 0 aromatic carbocycles. The summed E-state index contributed by atoms with van der Waals surface area (Å²) in [6.45, 7) is 4.22. The standard InChI is InChI=1S/C19H35N5O5S/c1-11(2)15(19(28)29)23-17(26)14-7-5-9-24(14)18(27)13(6-3-4-8-20)22-16(25)12(21)10-30/h11-15,30H,3-10,20-21H2,1-2H3,(H,22,25)(H,23,26)(H,28,29). The quantitative estimate of drug-likeness (QED) is 0.167. The lowest BCUT2D eigenvalue weighted by molar-refractivity contribution is -0.145. The number of aliphatic carboxylic acids is 1. The average molecular weight is 446 g/mol. The van der Waals surface area contributed by atoms with Crippen molar-refractivity contribution in [2.75, 3.05) is 18.8 Å². The minimum absolute atomic E-state index is 0.135. The maximum atomic E-state index is 13.2. The van der Waals surface area contributed by atoms with Crippen molar-refractivity contribution in [2.45, 2.75) is 70.1 Å². The van der Waals surface area contributed by atoms with Crippen molar-refractivity contribution in [1.82, 2.24) is 15.5 Å². The molecule has 1 aliphatic rings. The lowest BCUT2D eigenvalue weighted by Crippen LogP contribution is -2.57. The second kappa shape index (κ2) is 12.8. The van der Waals surface area contributed by atoms with Crippen LogP contribution >= 0.6 is 12.6 Å². The van der Waals surface area contributed by atoms with Gasteiger partial charge >= 0.3 is 5.97 Å². The van der Waals surface area contributed by atoms with Gasteiger partial charge in [0.1, 0.15) is 18.1 Å². The van der Waals surface area contributed by atoms with E-state index in [-0.39, 0.29) is 17.6 Å². The number of carbonyl (C=O) groups excluding carboxylic acids is 3. The molecule has 4 unspecified atom stereocenters. The third kappa shape index (κ3) is 7.44. The summed E-state index contributed by atoms with van der Waals surface area (Å²) in [5.41, 5.74) is 11.2. The molecule has 7 N–H and O–H groups in total. The van der Waals surface area contributed by atoms with Gasteiger partial charge in [0.15, 0.2) is 0 Å². The first-order valence-electron chi connectivity index (χ1n) is 10.3. The van der Waals surface area contributed by atoms with Gasteiger partial charge in [0.05, 0.1) is 6.04 Å². The molecule has 1 heterocycles. The molecule has 0 aliphatic carbocycles. The summed E-state index contributed by atoms with van der Waals surface area (Å²) in [5.74, 6) is -2.65. The van der Waals surface area contributed by atoms with E-state index < -0.39 is 42.0 Å². The first-order valence-corrected chi connectivity index (χ1v) is 11.0. The van der Waals surface area contributed by atoms with E-state index in [1.165, 1.54) is 4.90 Å². The second-order valence-corrected chi connectivity index (χ2v) is 8.26. The summed E-state index contributed by atoms with van der Waals surface area (Å²) in [5, 5.41) is 14.5. The third-order valence-corrected chi connectivity index (χ3v) is 5.56. The van der Waals surface area contributed by atoms with Crippen LogP contribution in [0.1, 0.15) is 46.0 Å². The highest BCUT2D eigenvalue weighted by Gasteiger charge is 2.39. The van der Waals surface area contributed by atoms with Gasteiger partial charge in [0, 0.05) is 12.3 Å². The van der Waals surface area contributed by atoms with Gasteiger partial charge < -0.3 is 32.1 Å². The first-order chi connectivity index (χ1) is 14.1. The maximum Gasteiger partial charge on any atom is 0.326 e. The Kier molecular flexibility index (Phi) is 11.1. The van der Waals surface area contributed by atoms with Crippen LogP contribution in [0, 0.1) is 5.92 Å². The number of carboxylic acids is 1. The van der Waals surface area contributed by atoms with Gasteiger partial charge in [-0.3, -0.25) is 14.4 Å². The molecule has 10 nitrogen and oxygen atoms in total. The van der Waals surface area contributed by atoms with Gasteiger partial charge in [0.2, 0.25) is 17.7 Å². The Bertz CT molecular complexity index is 618. The molecule has 1 rings (SSSR count). The number of nitrogens with zero attached hydrogens (tertiary/aromatic N) is 1. The van der Waals surface area contributed by atoms with Gasteiger partial charge in [-0.15, -0.1) is 0 Å². The van der Waals surface area contributed by atoms with Crippen LogP contribution in [-0.2, 0) is 19.2 Å². The Morgan fingerprint density at radius 2 is 1.87 bits per heavy atom. The van der Waals surface area contributed by atoms with Crippen LogP contribution in [0.4, 0.5) is 0 Å². The van der Waals surface area contributed by atoms with Gasteiger partial charge in [-0.1, -0.05) is 13.8 Å². The van der Waals surface area contributed by atoms with Gasteiger partial charge in [-0.05, 0) is 44.6 Å². The minimum Gasteiger partial charge on any atom is -0.480 e. The molecule has 1 saturated heterocycles. The fourth-order valence-corrected chi connectivity index (χ4v) is 3.54. The van der Waals surface area contributed by atoms with Crippen LogP contribution in [0.15, 0.2) is 0 Å². The Morgan fingerprint density at radius 3 is 2.40 bits per heavy atom. The average Bonchev–Trinajstić information content (AvgIpc) is 3.19. The van der Waals surface area contributed by atoms with E-state index in [0.29, 0.717) is 45.2 Å². The lowest BCUT2D eigenvalue weighted by atomic mass is 10.0. The fraction of sp³-hybridized carbons (Fsp3) is 0.789. The minimum atomic E-state index is -1.12. The fourth-order valence-electron chi connectivity index (χ4n) is 3.38. The summed E-state index contributed by atoms with van der Waals surface area (Å²) >= 11 is 4.01. The van der Waals surface area contributed by atoms with Crippen LogP contribution in [0.2, 0.25) is 0 Å². The largest absolute Gasteiger partial charge is 0.480 e. The monoisotopic (exact) mass is 445 g/mol. The number of carboxylic acid groups (broad SMARTS) is 1. The molecule has 0 aromatic rings. The molecular weight excluding hydrogens is 410 g/mol. The van der Waals surface area contributed by atoms with E-state index >= 15 is 0 Å². The number of carbonyl (C=O) groups is 4. The number of amides is 3. The van der Waals surface area contributed by atoms with E-state index in [1.807, 2.05) is 0 Å². The summed E-state index contributed by atoms with van der Waals surface area (Å²) in [6.07, 6.45) is 2.74. The molecule has 0 radical (unpaired) electrons. The predicted octanol–water partition coefficient (Wildman–Crippen LogP) is -0.926. The van der Waals surface area contributed by atoms with Crippen LogP contribution < -0.4 is 22.1 Å². The number of likely N-dealkylation sites (tertiary alicyclic amines) is 1. The molecule has 172 valence electrons. The van der Waals surface area contributed by atoms with Gasteiger partial charge in [0.25, 0.3) is 0 Å². The summed E-state index contributed by atoms with van der Waals surface area (Å²) in [4.78, 5) is 51.0. The number of hydrogen-bond donors (Lipinski definition) is 6. The van der Waals surface area contributed by atoms with Crippen molar-refractivity contribution in [3.8, 4) is 0 Å². The molecule has 3 amide bonds. The van der Waals surface area contributed by atoms with Crippen molar-refractivity contribution in [3.05, 3.63) is 0 Å². The molecule has 0 spiro atoms. The normalized spacial score (nSPS) is 19.3. The van der Waals surface area contributed by atoms with Crippen LogP contribution in [0.5, 0.6) is 0 Å². The Morgan fingerprint density at radius 1 is 1.20 bits per heavy atom. The highest BCUT2D eigenvalue weighted by molar-refractivity contribution is 7.80. The maximum absolute atomic E-state index is 13.2. The third-order valence-electron chi connectivity index (χ3n) is 5.16. The summed E-state index contributed by atoms with van der Waals surface area (Å²) in [6, 6.07) is -3.49. The van der Waals surface area contributed by atoms with Crippen LogP contribution in [0.3, 0.4) is 0 Å². The SMILES string of the molecule is CC(C)C(NC(=O)C1CCCN1C(=O)C(CCCCN)NC(=O)C(N)CS)C(=O)O. The molecule has 0 aromatic heterocycles. The van der Waals surface area contributed by atoms with Gasteiger partial charge in [-0.25, -0.2) is 4.79 Å². The molecular formula is C19H35N5O5S. The predicted molar refractivity (Wildman–Crippen MR) is 116 cm³/mol. The van der Waals surface area contributed by atoms with E-state index in [4.69, 9.17) is 11.5 Å². The molecule has 0 bridgehead atoms. The van der Waals surface area contributed by atoms with E-state index in [0.717, 1.165) is 0 Å². The zero-order chi connectivity index (χ0) is 22.8. The topological polar surface area (TPSA) is 168 Å². The number of rotatable bonds is 12. The highest BCUT2D eigenvalue weighted by Crippen LogP contribution is 2.20. The summed E-state index contributed by atoms with van der Waals surface area (Å²) < 4.78 is 0. The molecule has 1 aliphatic heterocycles. The lowest BCUT2D eigenvalue weighted by Gasteiger charge is -2.30. The van der Waals surface area contributed by atoms with E-state index in [1.54, 1.807) is 13.8 Å². The Hall–Kier alpha value is -1.85. The van der Waals surface area contributed by atoms with Crippen LogP contribution in [0.25, 0.3) is 0 Å².